The molecule has 0 N–H and O–H groups in total. The third-order valence-electron chi connectivity index (χ3n) is 4.01. The zero-order valence-corrected chi connectivity index (χ0v) is 13.5. The van der Waals surface area contributed by atoms with Crippen LogP contribution in [0.15, 0.2) is 29.3 Å². The lowest BCUT2D eigenvalue weighted by atomic mass is 10.2. The Bertz CT molecular complexity index is 793. The second kappa shape index (κ2) is 6.00. The van der Waals surface area contributed by atoms with Crippen LogP contribution in [0, 0.1) is 6.92 Å². The van der Waals surface area contributed by atoms with Gasteiger partial charge in [0.05, 0.1) is 24.4 Å². The van der Waals surface area contributed by atoms with Gasteiger partial charge in [0.15, 0.2) is 0 Å². The number of amides is 1. The molecule has 0 saturated carbocycles. The number of carbonyl (C=O) groups is 1. The van der Waals surface area contributed by atoms with E-state index in [4.69, 9.17) is 4.74 Å². The quantitative estimate of drug-likeness (QED) is 0.815. The number of nitrogens with zero attached hydrogens (tertiary/aromatic N) is 4. The van der Waals surface area contributed by atoms with Crippen LogP contribution in [0.1, 0.15) is 28.0 Å². The van der Waals surface area contributed by atoms with Gasteiger partial charge >= 0.3 is 0 Å². The fraction of sp³-hybridized carbons (Fsp3) is 0.438. The van der Waals surface area contributed by atoms with E-state index in [1.54, 1.807) is 24.2 Å². The van der Waals surface area contributed by atoms with Gasteiger partial charge in [0, 0.05) is 39.1 Å². The summed E-state index contributed by atoms with van der Waals surface area (Å²) >= 11 is 0. The highest BCUT2D eigenvalue weighted by atomic mass is 16.5. The van der Waals surface area contributed by atoms with Crippen LogP contribution in [0.4, 0.5) is 0 Å². The van der Waals surface area contributed by atoms with E-state index in [1.807, 2.05) is 24.7 Å². The predicted octanol–water partition coefficient (Wildman–Crippen LogP) is 0.641. The van der Waals surface area contributed by atoms with E-state index in [0.29, 0.717) is 25.3 Å². The molecule has 0 aliphatic carbocycles. The Balaban J connectivity index is 1.80. The van der Waals surface area contributed by atoms with Crippen molar-refractivity contribution in [3.05, 3.63) is 52.0 Å². The maximum Gasteiger partial charge on any atom is 0.255 e. The van der Waals surface area contributed by atoms with E-state index in [-0.39, 0.29) is 17.6 Å². The number of aromatic nitrogens is 3. The molecule has 1 fully saturated rings. The van der Waals surface area contributed by atoms with Gasteiger partial charge in [-0.2, -0.15) is 0 Å². The zero-order chi connectivity index (χ0) is 16.6. The first kappa shape index (κ1) is 15.5. The number of hydrogen-bond acceptors (Lipinski definition) is 4. The van der Waals surface area contributed by atoms with E-state index in [1.165, 1.54) is 10.6 Å². The van der Waals surface area contributed by atoms with Gasteiger partial charge in [-0.1, -0.05) is 0 Å². The van der Waals surface area contributed by atoms with Crippen LogP contribution < -0.4 is 5.56 Å². The van der Waals surface area contributed by atoms with E-state index in [0.717, 1.165) is 11.5 Å². The van der Waals surface area contributed by atoms with Gasteiger partial charge in [-0.25, -0.2) is 4.98 Å². The van der Waals surface area contributed by atoms with Crippen molar-refractivity contribution in [1.29, 1.82) is 0 Å². The van der Waals surface area contributed by atoms with Gasteiger partial charge in [0.25, 0.3) is 5.91 Å². The number of aryl methyl sites for hydroxylation is 3. The molecule has 7 nitrogen and oxygen atoms in total. The van der Waals surface area contributed by atoms with Gasteiger partial charge < -0.3 is 18.8 Å². The molecule has 0 spiro atoms. The molecule has 0 bridgehead atoms. The van der Waals surface area contributed by atoms with Crippen LogP contribution in [0.2, 0.25) is 0 Å². The normalized spacial score (nSPS) is 18.2. The highest BCUT2D eigenvalue weighted by Crippen LogP contribution is 2.22. The van der Waals surface area contributed by atoms with E-state index < -0.39 is 0 Å². The topological polar surface area (TPSA) is 69.4 Å². The molecule has 3 heterocycles. The molecule has 7 heteroatoms. The first-order chi connectivity index (χ1) is 11.0. The Morgan fingerprint density at radius 1 is 1.26 bits per heavy atom. The summed E-state index contributed by atoms with van der Waals surface area (Å²) < 4.78 is 9.13. The lowest BCUT2D eigenvalue weighted by Gasteiger charge is -2.32. The smallest absolute Gasteiger partial charge is 0.255 e. The van der Waals surface area contributed by atoms with Crippen molar-refractivity contribution in [3.63, 3.8) is 0 Å². The number of pyridine rings is 1. The monoisotopic (exact) mass is 316 g/mol. The van der Waals surface area contributed by atoms with E-state index >= 15 is 0 Å². The average molecular weight is 316 g/mol. The van der Waals surface area contributed by atoms with Crippen molar-refractivity contribution in [2.75, 3.05) is 19.7 Å². The highest BCUT2D eigenvalue weighted by molar-refractivity contribution is 5.94. The van der Waals surface area contributed by atoms with E-state index in [9.17, 15) is 9.59 Å². The first-order valence-electron chi connectivity index (χ1n) is 7.53. The van der Waals surface area contributed by atoms with Gasteiger partial charge in [-0.05, 0) is 13.0 Å². The summed E-state index contributed by atoms with van der Waals surface area (Å²) in [4.78, 5) is 30.3. The van der Waals surface area contributed by atoms with Crippen molar-refractivity contribution in [2.45, 2.75) is 13.0 Å². The molecule has 0 radical (unpaired) electrons. The maximum atomic E-state index is 12.7. The molecule has 1 saturated heterocycles. The van der Waals surface area contributed by atoms with Crippen LogP contribution in [0.25, 0.3) is 0 Å². The fourth-order valence-corrected chi connectivity index (χ4v) is 2.83. The summed E-state index contributed by atoms with van der Waals surface area (Å²) in [5.41, 5.74) is 1.29. The van der Waals surface area contributed by atoms with Crippen molar-refractivity contribution in [2.24, 2.45) is 14.1 Å². The molecular formula is C16H20N4O3. The summed E-state index contributed by atoms with van der Waals surface area (Å²) in [6.45, 7) is 3.38. The number of carbonyl (C=O) groups excluding carboxylic acids is 1. The third-order valence-corrected chi connectivity index (χ3v) is 4.01. The molecule has 1 aliphatic heterocycles. The lowest BCUT2D eigenvalue weighted by Crippen LogP contribution is -2.43. The summed E-state index contributed by atoms with van der Waals surface area (Å²) in [7, 11) is 3.56. The minimum atomic E-state index is -0.237. The number of rotatable bonds is 2. The summed E-state index contributed by atoms with van der Waals surface area (Å²) in [5, 5.41) is 0. The summed E-state index contributed by atoms with van der Waals surface area (Å²) in [6, 6.07) is 2.98. The molecule has 0 aromatic carbocycles. The van der Waals surface area contributed by atoms with Crippen LogP contribution in [-0.4, -0.2) is 44.6 Å². The zero-order valence-electron chi connectivity index (χ0n) is 13.5. The Hall–Kier alpha value is -2.41. The minimum absolute atomic E-state index is 0.0974. The van der Waals surface area contributed by atoms with Crippen molar-refractivity contribution >= 4 is 5.91 Å². The predicted molar refractivity (Wildman–Crippen MR) is 84.2 cm³/mol. The Labute approximate surface area is 134 Å². The van der Waals surface area contributed by atoms with Crippen LogP contribution >= 0.6 is 0 Å². The molecule has 3 rings (SSSR count). The molecule has 2 aromatic heterocycles. The second-order valence-electron chi connectivity index (χ2n) is 5.83. The third kappa shape index (κ3) is 3.05. The average Bonchev–Trinajstić information content (AvgIpc) is 2.88. The Morgan fingerprint density at radius 2 is 2.04 bits per heavy atom. The minimum Gasteiger partial charge on any atom is -0.367 e. The van der Waals surface area contributed by atoms with E-state index in [2.05, 4.69) is 4.98 Å². The Morgan fingerprint density at radius 3 is 2.70 bits per heavy atom. The molecule has 1 amide bonds. The van der Waals surface area contributed by atoms with Crippen molar-refractivity contribution in [1.82, 2.24) is 19.0 Å². The largest absolute Gasteiger partial charge is 0.367 e. The SMILES string of the molecule is Cc1cn(C)c(C2CN(C(=O)c3ccc(=O)n(C)c3)CCO2)n1. The number of morpholine rings is 1. The Kier molecular flexibility index (Phi) is 4.04. The first-order valence-corrected chi connectivity index (χ1v) is 7.53. The number of hydrogen-bond donors (Lipinski definition) is 0. The fourth-order valence-electron chi connectivity index (χ4n) is 2.83. The molecular weight excluding hydrogens is 296 g/mol. The van der Waals surface area contributed by atoms with Gasteiger partial charge in [-0.15, -0.1) is 0 Å². The van der Waals surface area contributed by atoms with Gasteiger partial charge in [-0.3, -0.25) is 9.59 Å². The summed E-state index contributed by atoms with van der Waals surface area (Å²) in [5.74, 6) is 0.722. The maximum absolute atomic E-state index is 12.7. The molecule has 2 aromatic rings. The highest BCUT2D eigenvalue weighted by Gasteiger charge is 2.28. The number of ether oxygens (including phenoxy) is 1. The van der Waals surface area contributed by atoms with Crippen LogP contribution in [0.3, 0.4) is 0 Å². The number of imidazole rings is 1. The van der Waals surface area contributed by atoms with Crippen LogP contribution in [-0.2, 0) is 18.8 Å². The lowest BCUT2D eigenvalue weighted by molar-refractivity contribution is -0.0279. The van der Waals surface area contributed by atoms with Crippen LogP contribution in [0.5, 0.6) is 0 Å². The molecule has 23 heavy (non-hydrogen) atoms. The van der Waals surface area contributed by atoms with Gasteiger partial charge in [0.2, 0.25) is 5.56 Å². The van der Waals surface area contributed by atoms with Crippen molar-refractivity contribution < 1.29 is 9.53 Å². The summed E-state index contributed by atoms with van der Waals surface area (Å²) in [6.07, 6.45) is 3.27. The van der Waals surface area contributed by atoms with Crippen molar-refractivity contribution in [3.8, 4) is 0 Å². The molecule has 1 unspecified atom stereocenters. The molecule has 1 aliphatic rings. The molecule has 1 atom stereocenters. The van der Waals surface area contributed by atoms with Gasteiger partial charge in [0.1, 0.15) is 11.9 Å². The molecule has 122 valence electrons. The second-order valence-corrected chi connectivity index (χ2v) is 5.83. The standard InChI is InChI=1S/C16H20N4O3/c1-11-8-19(3)15(17-11)13-10-20(6-7-23-13)16(22)12-4-5-14(21)18(2)9-12/h4-5,8-9,13H,6-7,10H2,1-3H3.